The third kappa shape index (κ3) is 3.69. The predicted molar refractivity (Wildman–Crippen MR) is 88.4 cm³/mol. The topological polar surface area (TPSA) is 49.4 Å². The number of nitrogens with one attached hydrogen (secondary N) is 1. The third-order valence-corrected chi connectivity index (χ3v) is 5.02. The molecule has 2 aliphatic rings. The van der Waals surface area contributed by atoms with E-state index in [0.717, 1.165) is 36.8 Å². The van der Waals surface area contributed by atoms with Crippen molar-refractivity contribution in [3.63, 3.8) is 0 Å². The Labute approximate surface area is 139 Å². The normalized spacial score (nSPS) is 24.0. The number of nitrogens with zero attached hydrogens (tertiary/aromatic N) is 1. The van der Waals surface area contributed by atoms with Crippen molar-refractivity contribution in [1.82, 2.24) is 10.2 Å². The number of rotatable bonds is 4. The van der Waals surface area contributed by atoms with Gasteiger partial charge in [-0.3, -0.25) is 9.59 Å². The van der Waals surface area contributed by atoms with Crippen molar-refractivity contribution < 1.29 is 9.59 Å². The molecule has 1 saturated carbocycles. The molecule has 0 radical (unpaired) electrons. The molecule has 2 amide bonds. The molecule has 1 aliphatic heterocycles. The van der Waals surface area contributed by atoms with E-state index in [1.54, 1.807) is 0 Å². The Morgan fingerprint density at radius 2 is 2.00 bits per heavy atom. The lowest BCUT2D eigenvalue weighted by atomic mass is 10.1. The molecule has 1 saturated heterocycles. The molecule has 2 atom stereocenters. The second kappa shape index (κ2) is 6.82. The minimum absolute atomic E-state index is 0.00957. The van der Waals surface area contributed by atoms with Crippen LogP contribution in [-0.4, -0.2) is 36.3 Å². The quantitative estimate of drug-likeness (QED) is 0.892. The first-order valence-electron chi connectivity index (χ1n) is 7.96. The number of amides is 2. The van der Waals surface area contributed by atoms with Gasteiger partial charge in [-0.05, 0) is 49.3 Å². The van der Waals surface area contributed by atoms with Gasteiger partial charge in [-0.2, -0.15) is 0 Å². The smallest absolute Gasteiger partial charge is 0.241 e. The molecule has 22 heavy (non-hydrogen) atoms. The average molecular weight is 365 g/mol. The van der Waals surface area contributed by atoms with E-state index in [1.165, 1.54) is 12.0 Å². The molecule has 4 nitrogen and oxygen atoms in total. The van der Waals surface area contributed by atoms with Crippen LogP contribution in [0, 0.1) is 5.92 Å². The van der Waals surface area contributed by atoms with Crippen LogP contribution >= 0.6 is 15.9 Å². The van der Waals surface area contributed by atoms with Gasteiger partial charge in [-0.1, -0.05) is 28.1 Å². The number of benzene rings is 1. The van der Waals surface area contributed by atoms with E-state index < -0.39 is 0 Å². The highest BCUT2D eigenvalue weighted by atomic mass is 79.9. The first-order chi connectivity index (χ1) is 10.6. The summed E-state index contributed by atoms with van der Waals surface area (Å²) >= 11 is 3.46. The fourth-order valence-corrected chi connectivity index (χ4v) is 3.56. The van der Waals surface area contributed by atoms with Crippen LogP contribution in [-0.2, 0) is 9.59 Å². The third-order valence-electron chi connectivity index (χ3n) is 4.53. The molecule has 2 fully saturated rings. The van der Waals surface area contributed by atoms with E-state index >= 15 is 0 Å². The number of hydrogen-bond donors (Lipinski definition) is 1. The fourth-order valence-electron chi connectivity index (χ4n) is 3.14. The highest BCUT2D eigenvalue weighted by Crippen LogP contribution is 2.47. The van der Waals surface area contributed by atoms with E-state index in [-0.39, 0.29) is 24.3 Å². The molecular weight excluding hydrogens is 344 g/mol. The monoisotopic (exact) mass is 364 g/mol. The lowest BCUT2D eigenvalue weighted by molar-refractivity contribution is -0.133. The fraction of sp³-hybridized carbons (Fsp3) is 0.529. The minimum atomic E-state index is 0.00957. The van der Waals surface area contributed by atoms with Crippen LogP contribution < -0.4 is 5.32 Å². The van der Waals surface area contributed by atoms with Crippen LogP contribution in [0.3, 0.4) is 0 Å². The maximum absolute atomic E-state index is 12.2. The van der Waals surface area contributed by atoms with Crippen LogP contribution in [0.4, 0.5) is 0 Å². The Morgan fingerprint density at radius 3 is 2.73 bits per heavy atom. The number of hydrogen-bond acceptors (Lipinski definition) is 2. The predicted octanol–water partition coefficient (Wildman–Crippen LogP) is 2.68. The van der Waals surface area contributed by atoms with Crippen molar-refractivity contribution in [3.05, 3.63) is 34.3 Å². The maximum Gasteiger partial charge on any atom is 0.241 e. The molecule has 1 heterocycles. The van der Waals surface area contributed by atoms with Gasteiger partial charge in [0.15, 0.2) is 0 Å². The van der Waals surface area contributed by atoms with E-state index in [1.807, 2.05) is 17.0 Å². The Balaban J connectivity index is 1.46. The molecule has 1 aromatic rings. The zero-order valence-electron chi connectivity index (χ0n) is 12.6. The maximum atomic E-state index is 12.2. The lowest BCUT2D eigenvalue weighted by Crippen LogP contribution is -2.43. The van der Waals surface area contributed by atoms with E-state index in [4.69, 9.17) is 0 Å². The van der Waals surface area contributed by atoms with Gasteiger partial charge >= 0.3 is 0 Å². The van der Waals surface area contributed by atoms with Crippen molar-refractivity contribution in [2.24, 2.45) is 5.92 Å². The average Bonchev–Trinajstić information content (AvgIpc) is 3.34. The molecule has 1 aliphatic carbocycles. The van der Waals surface area contributed by atoms with Gasteiger partial charge in [0.1, 0.15) is 0 Å². The summed E-state index contributed by atoms with van der Waals surface area (Å²) in [5.41, 5.74) is 1.19. The first kappa shape index (κ1) is 15.5. The van der Waals surface area contributed by atoms with Gasteiger partial charge in [0.2, 0.25) is 11.8 Å². The summed E-state index contributed by atoms with van der Waals surface area (Å²) in [6, 6.07) is 8.10. The number of carbonyl (C=O) groups excluding carboxylic acids is 2. The Hall–Kier alpha value is -1.36. The second-order valence-corrected chi connectivity index (χ2v) is 7.08. The molecule has 3 rings (SSSR count). The Kier molecular flexibility index (Phi) is 4.81. The second-order valence-electron chi connectivity index (χ2n) is 6.16. The zero-order chi connectivity index (χ0) is 15.5. The van der Waals surface area contributed by atoms with Crippen molar-refractivity contribution in [3.8, 4) is 0 Å². The summed E-state index contributed by atoms with van der Waals surface area (Å²) in [5, 5.41) is 2.81. The standard InChI is InChI=1S/C17H21BrN2O2/c18-13-6-4-5-12(9-13)14-10-15(14)17(22)19-11-16(21)20-7-2-1-3-8-20/h4-6,9,14-15H,1-3,7-8,10-11H2,(H,19,22)/t14-,15-/m0/s1. The summed E-state index contributed by atoms with van der Waals surface area (Å²) in [4.78, 5) is 26.1. The molecule has 0 bridgehead atoms. The van der Waals surface area contributed by atoms with Gasteiger partial charge < -0.3 is 10.2 Å². The highest BCUT2D eigenvalue weighted by Gasteiger charge is 2.44. The van der Waals surface area contributed by atoms with Crippen molar-refractivity contribution in [2.75, 3.05) is 19.6 Å². The van der Waals surface area contributed by atoms with Crippen LogP contribution in [0.5, 0.6) is 0 Å². The van der Waals surface area contributed by atoms with Gasteiger partial charge in [-0.25, -0.2) is 0 Å². The minimum Gasteiger partial charge on any atom is -0.347 e. The first-order valence-corrected chi connectivity index (χ1v) is 8.75. The summed E-state index contributed by atoms with van der Waals surface area (Å²) in [6.07, 6.45) is 4.23. The van der Waals surface area contributed by atoms with Crippen molar-refractivity contribution >= 4 is 27.7 Å². The molecule has 1 aromatic carbocycles. The Bertz CT molecular complexity index is 570. The molecule has 0 unspecified atom stereocenters. The van der Waals surface area contributed by atoms with E-state index in [9.17, 15) is 9.59 Å². The van der Waals surface area contributed by atoms with Crippen LogP contribution in [0.1, 0.15) is 37.2 Å². The van der Waals surface area contributed by atoms with Crippen LogP contribution in [0.25, 0.3) is 0 Å². The van der Waals surface area contributed by atoms with Gasteiger partial charge in [0, 0.05) is 23.5 Å². The molecule has 0 spiro atoms. The largest absolute Gasteiger partial charge is 0.347 e. The lowest BCUT2D eigenvalue weighted by Gasteiger charge is -2.26. The SMILES string of the molecule is O=C(NCC(=O)N1CCCCC1)[C@H]1C[C@H]1c1cccc(Br)c1. The van der Waals surface area contributed by atoms with Crippen LogP contribution in [0.15, 0.2) is 28.7 Å². The summed E-state index contributed by atoms with van der Waals surface area (Å²) < 4.78 is 1.04. The summed E-state index contributed by atoms with van der Waals surface area (Å²) in [7, 11) is 0. The zero-order valence-corrected chi connectivity index (χ0v) is 14.1. The molecule has 0 aromatic heterocycles. The number of likely N-dealkylation sites (tertiary alicyclic amines) is 1. The molecule has 1 N–H and O–H groups in total. The molecule has 118 valence electrons. The van der Waals surface area contributed by atoms with E-state index in [2.05, 4.69) is 33.4 Å². The van der Waals surface area contributed by atoms with E-state index in [0.29, 0.717) is 5.92 Å². The van der Waals surface area contributed by atoms with Gasteiger partial charge in [-0.15, -0.1) is 0 Å². The number of piperidine rings is 1. The summed E-state index contributed by atoms with van der Waals surface area (Å²) in [6.45, 7) is 1.80. The number of halogens is 1. The van der Waals surface area contributed by atoms with Gasteiger partial charge in [0.05, 0.1) is 6.54 Å². The molecular formula is C17H21BrN2O2. The number of carbonyl (C=O) groups is 2. The van der Waals surface area contributed by atoms with Crippen LogP contribution in [0.2, 0.25) is 0 Å². The van der Waals surface area contributed by atoms with Crippen molar-refractivity contribution in [2.45, 2.75) is 31.6 Å². The Morgan fingerprint density at radius 1 is 1.23 bits per heavy atom. The molecule has 5 heteroatoms. The van der Waals surface area contributed by atoms with Crippen molar-refractivity contribution in [1.29, 1.82) is 0 Å². The van der Waals surface area contributed by atoms with Gasteiger partial charge in [0.25, 0.3) is 0 Å². The summed E-state index contributed by atoms with van der Waals surface area (Å²) in [5.74, 6) is 0.370. The highest BCUT2D eigenvalue weighted by molar-refractivity contribution is 9.10.